The number of hydrogen-bond acceptors (Lipinski definition) is 4. The van der Waals surface area contributed by atoms with E-state index >= 15 is 0 Å². The summed E-state index contributed by atoms with van der Waals surface area (Å²) in [4.78, 5) is 38.0. The summed E-state index contributed by atoms with van der Waals surface area (Å²) < 4.78 is 0. The molecule has 8 heteroatoms. The van der Waals surface area contributed by atoms with Crippen LogP contribution in [0, 0.1) is 16.0 Å². The number of nitro groups is 1. The molecule has 0 unspecified atom stereocenters. The van der Waals surface area contributed by atoms with Crippen LogP contribution in [0.2, 0.25) is 5.02 Å². The second-order valence-electron chi connectivity index (χ2n) is 7.53. The molecule has 160 valence electrons. The van der Waals surface area contributed by atoms with E-state index < -0.39 is 11.0 Å². The lowest BCUT2D eigenvalue weighted by atomic mass is 10.1. The Balaban J connectivity index is 2.28. The highest BCUT2D eigenvalue weighted by Gasteiger charge is 2.28. The Morgan fingerprint density at radius 1 is 1.13 bits per heavy atom. The molecule has 0 fully saturated rings. The van der Waals surface area contributed by atoms with E-state index in [1.165, 1.54) is 11.0 Å². The lowest BCUT2D eigenvalue weighted by molar-refractivity contribution is -0.385. The van der Waals surface area contributed by atoms with Crippen molar-refractivity contribution in [2.24, 2.45) is 5.92 Å². The van der Waals surface area contributed by atoms with Crippen LogP contribution >= 0.6 is 11.6 Å². The monoisotopic (exact) mass is 431 g/mol. The number of nitro benzene ring substituents is 1. The number of halogens is 1. The molecule has 0 aliphatic rings. The summed E-state index contributed by atoms with van der Waals surface area (Å²) in [5.41, 5.74) is 0.950. The number of para-hydroxylation sites is 1. The van der Waals surface area contributed by atoms with Gasteiger partial charge in [-0.05, 0) is 30.5 Å². The largest absolute Gasteiger partial charge is 0.354 e. The van der Waals surface area contributed by atoms with Crippen LogP contribution in [-0.2, 0) is 22.6 Å². The average molecular weight is 432 g/mol. The number of carbonyl (C=O) groups is 2. The third kappa shape index (κ3) is 6.56. The second-order valence-corrected chi connectivity index (χ2v) is 7.97. The molecule has 0 aliphatic heterocycles. The summed E-state index contributed by atoms with van der Waals surface area (Å²) in [6.45, 7) is 6.27. The van der Waals surface area contributed by atoms with E-state index in [9.17, 15) is 19.7 Å². The highest BCUT2D eigenvalue weighted by molar-refractivity contribution is 6.30. The highest BCUT2D eigenvalue weighted by Crippen LogP contribution is 2.21. The van der Waals surface area contributed by atoms with Gasteiger partial charge in [-0.15, -0.1) is 0 Å². The predicted molar refractivity (Wildman–Crippen MR) is 116 cm³/mol. The van der Waals surface area contributed by atoms with Gasteiger partial charge in [0.1, 0.15) is 6.04 Å². The van der Waals surface area contributed by atoms with E-state index in [0.717, 1.165) is 5.56 Å². The van der Waals surface area contributed by atoms with Gasteiger partial charge in [0.25, 0.3) is 5.69 Å². The van der Waals surface area contributed by atoms with E-state index in [0.29, 0.717) is 17.1 Å². The third-order valence-electron chi connectivity index (χ3n) is 4.62. The maximum absolute atomic E-state index is 13.2. The van der Waals surface area contributed by atoms with Crippen LogP contribution < -0.4 is 5.32 Å². The average Bonchev–Trinajstić information content (AvgIpc) is 2.69. The van der Waals surface area contributed by atoms with E-state index in [-0.39, 0.29) is 36.4 Å². The second kappa shape index (κ2) is 10.7. The molecule has 30 heavy (non-hydrogen) atoms. The topological polar surface area (TPSA) is 92.6 Å². The molecule has 2 aromatic rings. The third-order valence-corrected chi connectivity index (χ3v) is 4.86. The molecule has 0 aliphatic carbocycles. The fourth-order valence-corrected chi connectivity index (χ4v) is 3.18. The number of hydrogen-bond donors (Lipinski definition) is 1. The Kier molecular flexibility index (Phi) is 8.35. The van der Waals surface area contributed by atoms with Crippen molar-refractivity contribution in [3.05, 3.63) is 74.8 Å². The van der Waals surface area contributed by atoms with Crippen LogP contribution in [0.25, 0.3) is 0 Å². The van der Waals surface area contributed by atoms with E-state index in [1.807, 2.05) is 19.9 Å². The normalized spacial score (nSPS) is 11.8. The van der Waals surface area contributed by atoms with Gasteiger partial charge in [-0.2, -0.15) is 0 Å². The van der Waals surface area contributed by atoms with Gasteiger partial charge in [0.2, 0.25) is 11.8 Å². The fraction of sp³-hybridized carbons (Fsp3) is 0.364. The summed E-state index contributed by atoms with van der Waals surface area (Å²) in [6.07, 6.45) is -0.181. The molecule has 0 radical (unpaired) electrons. The molecule has 2 amide bonds. The van der Waals surface area contributed by atoms with Crippen molar-refractivity contribution in [3.63, 3.8) is 0 Å². The molecule has 7 nitrogen and oxygen atoms in total. The molecular formula is C22H26ClN3O4. The Bertz CT molecular complexity index is 917. The number of benzene rings is 2. The van der Waals surface area contributed by atoms with Gasteiger partial charge in [-0.3, -0.25) is 19.7 Å². The molecule has 0 aromatic heterocycles. The van der Waals surface area contributed by atoms with Crippen molar-refractivity contribution < 1.29 is 14.5 Å². The number of rotatable bonds is 9. The predicted octanol–water partition coefficient (Wildman–Crippen LogP) is 3.98. The van der Waals surface area contributed by atoms with Gasteiger partial charge >= 0.3 is 0 Å². The zero-order valence-corrected chi connectivity index (χ0v) is 18.1. The lowest BCUT2D eigenvalue weighted by Crippen LogP contribution is -2.48. The van der Waals surface area contributed by atoms with E-state index in [4.69, 9.17) is 11.6 Å². The maximum Gasteiger partial charge on any atom is 0.273 e. The number of amides is 2. The van der Waals surface area contributed by atoms with Crippen molar-refractivity contribution in [2.75, 3.05) is 6.54 Å². The highest BCUT2D eigenvalue weighted by atomic mass is 35.5. The Morgan fingerprint density at radius 3 is 2.47 bits per heavy atom. The molecule has 1 N–H and O–H groups in total. The lowest BCUT2D eigenvalue weighted by Gasteiger charge is -2.29. The number of nitrogens with zero attached hydrogens (tertiary/aromatic N) is 2. The molecule has 0 saturated carbocycles. The zero-order chi connectivity index (χ0) is 22.3. The van der Waals surface area contributed by atoms with E-state index in [2.05, 4.69) is 5.32 Å². The standard InChI is InChI=1S/C22H26ClN3O4/c1-15(2)13-24-22(28)16(3)25(14-17-7-6-9-19(23)11-17)21(27)12-18-8-4-5-10-20(18)26(29)30/h4-11,15-16H,12-14H2,1-3H3,(H,24,28)/t16-/m0/s1. The van der Waals surface area contributed by atoms with Crippen LogP contribution in [0.15, 0.2) is 48.5 Å². The van der Waals surface area contributed by atoms with Gasteiger partial charge < -0.3 is 10.2 Å². The van der Waals surface area contributed by atoms with Crippen molar-refractivity contribution >= 4 is 29.1 Å². The minimum absolute atomic E-state index is 0.120. The quantitative estimate of drug-likeness (QED) is 0.480. The van der Waals surface area contributed by atoms with Gasteiger partial charge in [0, 0.05) is 29.7 Å². The van der Waals surface area contributed by atoms with Gasteiger partial charge in [0.05, 0.1) is 11.3 Å². The Labute approximate surface area is 181 Å². The van der Waals surface area contributed by atoms with Crippen molar-refractivity contribution in [1.29, 1.82) is 0 Å². The van der Waals surface area contributed by atoms with Crippen LogP contribution in [0.4, 0.5) is 5.69 Å². The van der Waals surface area contributed by atoms with Crippen molar-refractivity contribution in [2.45, 2.75) is 39.8 Å². The van der Waals surface area contributed by atoms with Crippen molar-refractivity contribution in [1.82, 2.24) is 10.2 Å². The molecule has 0 heterocycles. The minimum atomic E-state index is -0.752. The molecule has 1 atom stereocenters. The first-order valence-corrected chi connectivity index (χ1v) is 10.1. The van der Waals surface area contributed by atoms with Crippen LogP contribution in [0.3, 0.4) is 0 Å². The van der Waals surface area contributed by atoms with Crippen molar-refractivity contribution in [3.8, 4) is 0 Å². The first-order chi connectivity index (χ1) is 14.2. The first-order valence-electron chi connectivity index (χ1n) is 9.73. The number of nitrogens with one attached hydrogen (secondary N) is 1. The summed E-state index contributed by atoms with van der Waals surface area (Å²) in [5.74, 6) is -0.386. The molecular weight excluding hydrogens is 406 g/mol. The first kappa shape index (κ1) is 23.3. The molecule has 2 aromatic carbocycles. The van der Waals surface area contributed by atoms with Crippen LogP contribution in [-0.4, -0.2) is 34.2 Å². The maximum atomic E-state index is 13.2. The summed E-state index contributed by atoms with van der Waals surface area (Å²) in [7, 11) is 0. The molecule has 0 saturated heterocycles. The molecule has 0 spiro atoms. The SMILES string of the molecule is CC(C)CNC(=O)[C@H](C)N(Cc1cccc(Cl)c1)C(=O)Cc1ccccc1[N+](=O)[O-]. The smallest absolute Gasteiger partial charge is 0.273 e. The van der Waals surface area contributed by atoms with Gasteiger partial charge in [0.15, 0.2) is 0 Å². The minimum Gasteiger partial charge on any atom is -0.354 e. The van der Waals surface area contributed by atoms with Crippen LogP contribution in [0.1, 0.15) is 31.9 Å². The Hall–Kier alpha value is -2.93. The summed E-state index contributed by atoms with van der Waals surface area (Å²) in [5, 5.41) is 14.7. The van der Waals surface area contributed by atoms with Gasteiger partial charge in [-0.25, -0.2) is 0 Å². The van der Waals surface area contributed by atoms with Crippen LogP contribution in [0.5, 0.6) is 0 Å². The Morgan fingerprint density at radius 2 is 1.83 bits per heavy atom. The number of carbonyl (C=O) groups excluding carboxylic acids is 2. The zero-order valence-electron chi connectivity index (χ0n) is 17.3. The van der Waals surface area contributed by atoms with E-state index in [1.54, 1.807) is 43.3 Å². The molecule has 0 bridgehead atoms. The van der Waals surface area contributed by atoms with Gasteiger partial charge in [-0.1, -0.05) is 55.8 Å². The fourth-order valence-electron chi connectivity index (χ4n) is 2.97. The summed E-state index contributed by atoms with van der Waals surface area (Å²) in [6, 6.07) is 12.4. The summed E-state index contributed by atoms with van der Waals surface area (Å²) >= 11 is 6.06. The molecule has 2 rings (SSSR count).